The van der Waals surface area contributed by atoms with Crippen molar-refractivity contribution in [1.29, 1.82) is 0 Å². The maximum Gasteiger partial charge on any atom is 0.405 e. The highest BCUT2D eigenvalue weighted by atomic mass is 32.1. The molecule has 41 heavy (non-hydrogen) atoms. The summed E-state index contributed by atoms with van der Waals surface area (Å²) in [6, 6.07) is 0.690. The van der Waals surface area contributed by atoms with Crippen molar-refractivity contribution in [1.82, 2.24) is 20.2 Å². The minimum Gasteiger partial charge on any atom is -0.361 e. The molecule has 2 amide bonds. The maximum atomic E-state index is 14.2. The minimum atomic E-state index is -4.56. The Balaban J connectivity index is 0.00000226. The Hall–Kier alpha value is -2.83. The first-order valence-corrected chi connectivity index (χ1v) is 15.0. The highest BCUT2D eigenvalue weighted by Crippen LogP contribution is 2.40. The number of nitrogens with one attached hydrogen (secondary N) is 2. The average Bonchev–Trinajstić information content (AvgIpc) is 3.68. The number of carbonyl (C=O) groups is 2. The molecular formula is C28H38F5N5O2S. The van der Waals surface area contributed by atoms with E-state index >= 15 is 0 Å². The molecule has 2 atom stereocenters. The molecule has 0 bridgehead atoms. The van der Waals surface area contributed by atoms with E-state index in [2.05, 4.69) is 15.3 Å². The number of thiazole rings is 1. The summed E-state index contributed by atoms with van der Waals surface area (Å²) in [5.74, 6) is -1.31. The number of rotatable bonds is 9. The van der Waals surface area contributed by atoms with Crippen LogP contribution in [-0.2, 0) is 0 Å². The van der Waals surface area contributed by atoms with Gasteiger partial charge in [-0.3, -0.25) is 9.59 Å². The first-order chi connectivity index (χ1) is 19.5. The Labute approximate surface area is 241 Å². The van der Waals surface area contributed by atoms with Crippen molar-refractivity contribution in [3.05, 3.63) is 28.5 Å². The molecule has 13 heteroatoms. The summed E-state index contributed by atoms with van der Waals surface area (Å²) in [6.07, 6.45) is 0.216. The molecular weight excluding hydrogens is 565 g/mol. The van der Waals surface area contributed by atoms with E-state index in [4.69, 9.17) is 0 Å². The number of alkyl halides is 5. The number of pyridine rings is 1. The van der Waals surface area contributed by atoms with Crippen LogP contribution in [0, 0.1) is 0 Å². The molecule has 3 heterocycles. The molecule has 7 nitrogen and oxygen atoms in total. The first kappa shape index (κ1) is 32.7. The summed E-state index contributed by atoms with van der Waals surface area (Å²) in [4.78, 5) is 37.0. The van der Waals surface area contributed by atoms with E-state index in [1.165, 1.54) is 0 Å². The lowest BCUT2D eigenvalue weighted by atomic mass is 10.1. The van der Waals surface area contributed by atoms with Crippen molar-refractivity contribution in [3.63, 3.8) is 0 Å². The Morgan fingerprint density at radius 2 is 1.83 bits per heavy atom. The van der Waals surface area contributed by atoms with E-state index in [1.807, 2.05) is 33.0 Å². The highest BCUT2D eigenvalue weighted by Gasteiger charge is 2.38. The zero-order valence-electron chi connectivity index (χ0n) is 23.8. The smallest absolute Gasteiger partial charge is 0.361 e. The number of nitrogens with zero attached hydrogens (tertiary/aromatic N) is 3. The van der Waals surface area contributed by atoms with E-state index in [9.17, 15) is 31.5 Å². The Morgan fingerprint density at radius 1 is 1.15 bits per heavy atom. The summed E-state index contributed by atoms with van der Waals surface area (Å²) >= 11 is 0.818. The van der Waals surface area contributed by atoms with Gasteiger partial charge in [0.1, 0.15) is 18.1 Å². The first-order valence-electron chi connectivity index (χ1n) is 14.2. The zero-order valence-corrected chi connectivity index (χ0v) is 24.6. The molecule has 228 valence electrons. The normalized spacial score (nSPS) is 19.3. The number of amides is 2. The quantitative estimate of drug-likeness (QED) is 0.288. The van der Waals surface area contributed by atoms with Gasteiger partial charge in [0.25, 0.3) is 18.2 Å². The van der Waals surface area contributed by atoms with Crippen molar-refractivity contribution in [2.75, 3.05) is 11.9 Å². The van der Waals surface area contributed by atoms with Gasteiger partial charge < -0.3 is 15.5 Å². The van der Waals surface area contributed by atoms with Crippen LogP contribution in [-0.4, -0.2) is 57.5 Å². The molecule has 0 spiro atoms. The van der Waals surface area contributed by atoms with Gasteiger partial charge in [-0.1, -0.05) is 40.0 Å². The Bertz CT molecular complexity index is 1180. The van der Waals surface area contributed by atoms with E-state index < -0.39 is 36.5 Å². The largest absolute Gasteiger partial charge is 0.405 e. The predicted molar refractivity (Wildman–Crippen MR) is 149 cm³/mol. The lowest BCUT2D eigenvalue weighted by molar-refractivity contribution is -0.115. The van der Waals surface area contributed by atoms with Crippen LogP contribution < -0.4 is 10.6 Å². The summed E-state index contributed by atoms with van der Waals surface area (Å²) < 4.78 is 66.3. The number of aromatic nitrogens is 2. The Morgan fingerprint density at radius 3 is 2.44 bits per heavy atom. The van der Waals surface area contributed by atoms with Crippen LogP contribution in [0.5, 0.6) is 0 Å². The van der Waals surface area contributed by atoms with Crippen LogP contribution in [0.25, 0.3) is 10.4 Å². The van der Waals surface area contributed by atoms with Gasteiger partial charge in [-0.15, -0.1) is 11.3 Å². The molecule has 0 aromatic carbocycles. The molecule has 2 fully saturated rings. The summed E-state index contributed by atoms with van der Waals surface area (Å²) in [6.45, 7) is 6.49. The molecule has 1 aliphatic heterocycles. The third-order valence-corrected chi connectivity index (χ3v) is 8.33. The third kappa shape index (κ3) is 8.14. The Kier molecular flexibility index (Phi) is 11.5. The number of hydrogen-bond donors (Lipinski definition) is 2. The summed E-state index contributed by atoms with van der Waals surface area (Å²) in [5.41, 5.74) is -0.858. The molecule has 4 rings (SSSR count). The van der Waals surface area contributed by atoms with Crippen molar-refractivity contribution in [2.24, 2.45) is 0 Å². The van der Waals surface area contributed by atoms with Gasteiger partial charge in [0.15, 0.2) is 5.01 Å². The molecule has 2 aromatic rings. The van der Waals surface area contributed by atoms with Crippen LogP contribution in [0.2, 0.25) is 0 Å². The lowest BCUT2D eigenvalue weighted by Crippen LogP contribution is -2.40. The molecule has 2 aromatic heterocycles. The summed E-state index contributed by atoms with van der Waals surface area (Å²) in [7, 11) is 0. The molecule has 1 saturated heterocycles. The molecule has 0 radical (unpaired) electrons. The number of anilines is 1. The van der Waals surface area contributed by atoms with Gasteiger partial charge in [-0.2, -0.15) is 13.2 Å². The van der Waals surface area contributed by atoms with Crippen LogP contribution in [0.15, 0.2) is 12.3 Å². The number of halogens is 5. The average molecular weight is 604 g/mol. The number of likely N-dealkylation sites (tertiary alicyclic amines) is 1. The van der Waals surface area contributed by atoms with E-state index in [-0.39, 0.29) is 45.1 Å². The van der Waals surface area contributed by atoms with Crippen molar-refractivity contribution >= 4 is 29.0 Å². The molecule has 1 saturated carbocycles. The highest BCUT2D eigenvalue weighted by molar-refractivity contribution is 7.17. The third-order valence-electron chi connectivity index (χ3n) is 7.24. The van der Waals surface area contributed by atoms with Gasteiger partial charge in [-0.25, -0.2) is 18.7 Å². The molecule has 2 N–H and O–H groups in total. The van der Waals surface area contributed by atoms with Crippen molar-refractivity contribution < 1.29 is 31.5 Å². The van der Waals surface area contributed by atoms with Crippen molar-refractivity contribution in [2.45, 2.75) is 110 Å². The van der Waals surface area contributed by atoms with Crippen molar-refractivity contribution in [3.8, 4) is 10.4 Å². The second-order valence-corrected chi connectivity index (χ2v) is 11.2. The fraction of sp³-hybridized carbons (Fsp3) is 0.643. The van der Waals surface area contributed by atoms with Crippen LogP contribution in [0.4, 0.5) is 27.8 Å². The molecule has 2 aliphatic rings. The van der Waals surface area contributed by atoms with Gasteiger partial charge >= 0.3 is 6.18 Å². The maximum absolute atomic E-state index is 14.2. The number of carbonyl (C=O) groups excluding carboxylic acids is 2. The van der Waals surface area contributed by atoms with Crippen LogP contribution >= 0.6 is 11.3 Å². The topological polar surface area (TPSA) is 87.2 Å². The van der Waals surface area contributed by atoms with E-state index in [0.717, 1.165) is 75.0 Å². The second-order valence-electron chi connectivity index (χ2n) is 10.2. The van der Waals surface area contributed by atoms with Gasteiger partial charge in [0.2, 0.25) is 0 Å². The zero-order chi connectivity index (χ0) is 30.3. The van der Waals surface area contributed by atoms with Gasteiger partial charge in [0.05, 0.1) is 4.88 Å². The SMILES string of the molecule is CC.CCCC1CCC(C)N1C(=O)c1nc(C(=O)NC2CCCC2)sc1-c1cnc(NCC(F)(F)F)cc1C(F)F. The van der Waals surface area contributed by atoms with Crippen LogP contribution in [0.3, 0.4) is 0 Å². The molecule has 2 unspecified atom stereocenters. The fourth-order valence-electron chi connectivity index (χ4n) is 5.37. The number of hydrogen-bond acceptors (Lipinski definition) is 6. The van der Waals surface area contributed by atoms with E-state index in [1.54, 1.807) is 4.90 Å². The van der Waals surface area contributed by atoms with Crippen LogP contribution in [0.1, 0.15) is 111 Å². The molecule has 1 aliphatic carbocycles. The minimum absolute atomic E-state index is 0.0196. The monoisotopic (exact) mass is 603 g/mol. The summed E-state index contributed by atoms with van der Waals surface area (Å²) in [5, 5.41) is 4.89. The second kappa shape index (κ2) is 14.4. The lowest BCUT2D eigenvalue weighted by Gasteiger charge is -2.28. The van der Waals surface area contributed by atoms with E-state index in [0.29, 0.717) is 0 Å². The predicted octanol–water partition coefficient (Wildman–Crippen LogP) is 7.61. The van der Waals surface area contributed by atoms with Gasteiger partial charge in [-0.05, 0) is 45.1 Å². The fourth-order valence-corrected chi connectivity index (χ4v) is 6.36. The van der Waals surface area contributed by atoms with Gasteiger partial charge in [0, 0.05) is 35.4 Å². The standard InChI is InChI=1S/C26H32F5N5O2S.C2H6/c1-3-6-16-10-9-14(2)36(16)25(38)20-21(39-24(35-20)23(37)34-15-7-4-5-8-15)18-12-32-19(11-17(18)22(27)28)33-13-26(29,30)31;1-2/h11-12,14-16,22H,3-10,13H2,1-2H3,(H,32,33)(H,34,37);1-2H3.